The summed E-state index contributed by atoms with van der Waals surface area (Å²) in [5.74, 6) is 1.15. The summed E-state index contributed by atoms with van der Waals surface area (Å²) >= 11 is 1.72. The van der Waals surface area contributed by atoms with Crippen LogP contribution in [-0.2, 0) is 11.2 Å². The van der Waals surface area contributed by atoms with Crippen LogP contribution in [0.1, 0.15) is 18.4 Å². The minimum absolute atomic E-state index is 0.170. The van der Waals surface area contributed by atoms with E-state index < -0.39 is 0 Å². The van der Waals surface area contributed by atoms with E-state index in [9.17, 15) is 4.79 Å². The fraction of sp³-hybridized carbons (Fsp3) is 0.318. The van der Waals surface area contributed by atoms with Crippen LogP contribution in [0, 0.1) is 5.41 Å². The molecule has 0 atom stereocenters. The highest BCUT2D eigenvalue weighted by atomic mass is 32.2. The number of nitrogens with one attached hydrogen (secondary N) is 1. The van der Waals surface area contributed by atoms with E-state index in [1.807, 2.05) is 12.1 Å². The van der Waals surface area contributed by atoms with Crippen molar-refractivity contribution < 1.29 is 4.79 Å². The van der Waals surface area contributed by atoms with Gasteiger partial charge in [0.05, 0.1) is 10.9 Å². The number of para-hydroxylation sites is 1. The van der Waals surface area contributed by atoms with Gasteiger partial charge in [0, 0.05) is 29.1 Å². The number of rotatable bonds is 2. The van der Waals surface area contributed by atoms with E-state index in [4.69, 9.17) is 0 Å². The first-order valence-electron chi connectivity index (χ1n) is 9.62. The summed E-state index contributed by atoms with van der Waals surface area (Å²) in [5, 5.41) is 4.22. The zero-order valence-electron chi connectivity index (χ0n) is 15.8. The van der Waals surface area contributed by atoms with Crippen molar-refractivity contribution >= 4 is 40.1 Å². The van der Waals surface area contributed by atoms with Crippen LogP contribution in [0.2, 0.25) is 0 Å². The Kier molecular flexibility index (Phi) is 4.23. The van der Waals surface area contributed by atoms with Crippen LogP contribution in [0.5, 0.6) is 0 Å². The third kappa shape index (κ3) is 2.83. The molecule has 1 spiro atoms. The van der Waals surface area contributed by atoms with Gasteiger partial charge in [0.2, 0.25) is 5.91 Å². The molecule has 2 aliphatic rings. The average Bonchev–Trinajstić information content (AvgIpc) is 2.74. The number of benzene rings is 2. The first-order chi connectivity index (χ1) is 13.7. The summed E-state index contributed by atoms with van der Waals surface area (Å²) in [6.07, 6.45) is 6.21. The largest absolute Gasteiger partial charge is 0.356 e. The van der Waals surface area contributed by atoms with Gasteiger partial charge >= 0.3 is 0 Å². The Morgan fingerprint density at radius 2 is 1.93 bits per heavy atom. The first kappa shape index (κ1) is 17.5. The Labute approximate surface area is 168 Å². The van der Waals surface area contributed by atoms with Crippen molar-refractivity contribution in [3.05, 3.63) is 54.4 Å². The van der Waals surface area contributed by atoms with E-state index in [1.165, 1.54) is 10.5 Å². The Bertz CT molecular complexity index is 1060. The number of piperidine rings is 1. The number of aromatic nitrogens is 2. The molecule has 0 unspecified atom stereocenters. The molecule has 0 bridgehead atoms. The van der Waals surface area contributed by atoms with Crippen LogP contribution in [0.4, 0.5) is 11.5 Å². The molecule has 0 saturated carbocycles. The van der Waals surface area contributed by atoms with E-state index in [0.29, 0.717) is 0 Å². The lowest BCUT2D eigenvalue weighted by molar-refractivity contribution is -0.127. The molecule has 1 amide bonds. The second-order valence-corrected chi connectivity index (χ2v) is 8.52. The van der Waals surface area contributed by atoms with E-state index in [0.717, 1.165) is 54.8 Å². The molecule has 142 valence electrons. The van der Waals surface area contributed by atoms with Gasteiger partial charge in [-0.25, -0.2) is 9.97 Å². The lowest BCUT2D eigenvalue weighted by Crippen LogP contribution is -2.50. The molecular formula is C22H22N4OS. The standard InChI is InChI=1S/C22H22N4OS/c1-28-16-6-7-19-17(12-16)20(24-14-23-19)26-10-8-22(9-11-26)13-15-4-2-3-5-18(15)25-21(22)27/h2-7,12,14H,8-11,13H2,1H3,(H,25,27). The maximum absolute atomic E-state index is 12.9. The smallest absolute Gasteiger partial charge is 0.231 e. The number of nitrogens with zero attached hydrogens (tertiary/aromatic N) is 3. The van der Waals surface area contributed by atoms with Crippen molar-refractivity contribution in [3.63, 3.8) is 0 Å². The third-order valence-electron chi connectivity index (χ3n) is 6.12. The quantitative estimate of drug-likeness (QED) is 0.667. The highest BCUT2D eigenvalue weighted by molar-refractivity contribution is 7.98. The molecule has 0 aliphatic carbocycles. The Balaban J connectivity index is 1.42. The lowest BCUT2D eigenvalue weighted by Gasteiger charge is -2.43. The van der Waals surface area contributed by atoms with E-state index in [2.05, 4.69) is 56.8 Å². The molecule has 1 aromatic heterocycles. The van der Waals surface area contributed by atoms with Gasteiger partial charge < -0.3 is 10.2 Å². The predicted molar refractivity (Wildman–Crippen MR) is 114 cm³/mol. The molecule has 6 heteroatoms. The van der Waals surface area contributed by atoms with Crippen LogP contribution in [0.3, 0.4) is 0 Å². The van der Waals surface area contributed by atoms with E-state index in [-0.39, 0.29) is 11.3 Å². The molecule has 28 heavy (non-hydrogen) atoms. The number of anilines is 2. The Morgan fingerprint density at radius 1 is 1.11 bits per heavy atom. The van der Waals surface area contributed by atoms with Gasteiger partial charge in [-0.3, -0.25) is 4.79 Å². The topological polar surface area (TPSA) is 58.1 Å². The molecule has 5 nitrogen and oxygen atoms in total. The molecule has 2 aliphatic heterocycles. The number of hydrogen-bond donors (Lipinski definition) is 1. The predicted octanol–water partition coefficient (Wildman–Crippen LogP) is 4.13. The van der Waals surface area contributed by atoms with Crippen LogP contribution in [0.15, 0.2) is 53.7 Å². The van der Waals surface area contributed by atoms with Gasteiger partial charge in [0.1, 0.15) is 12.1 Å². The summed E-state index contributed by atoms with van der Waals surface area (Å²) in [7, 11) is 0. The van der Waals surface area contributed by atoms with Gasteiger partial charge in [0.25, 0.3) is 0 Å². The zero-order chi connectivity index (χ0) is 19.1. The highest BCUT2D eigenvalue weighted by Crippen LogP contribution is 2.42. The summed E-state index contributed by atoms with van der Waals surface area (Å²) < 4.78 is 0. The van der Waals surface area contributed by atoms with Crippen LogP contribution >= 0.6 is 11.8 Å². The average molecular weight is 391 g/mol. The molecule has 1 N–H and O–H groups in total. The van der Waals surface area contributed by atoms with Gasteiger partial charge in [-0.2, -0.15) is 0 Å². The van der Waals surface area contributed by atoms with E-state index >= 15 is 0 Å². The van der Waals surface area contributed by atoms with Gasteiger partial charge in [-0.15, -0.1) is 11.8 Å². The summed E-state index contributed by atoms with van der Waals surface area (Å²) in [5.41, 5.74) is 2.87. The monoisotopic (exact) mass is 390 g/mol. The van der Waals surface area contributed by atoms with Gasteiger partial charge in [0.15, 0.2) is 0 Å². The van der Waals surface area contributed by atoms with Crippen molar-refractivity contribution in [1.29, 1.82) is 0 Å². The Hall–Kier alpha value is -2.60. The minimum Gasteiger partial charge on any atom is -0.356 e. The maximum atomic E-state index is 12.9. The second kappa shape index (κ2) is 6.78. The maximum Gasteiger partial charge on any atom is 0.231 e. The van der Waals surface area contributed by atoms with Crippen molar-refractivity contribution in [2.24, 2.45) is 5.41 Å². The van der Waals surface area contributed by atoms with Crippen LogP contribution in [0.25, 0.3) is 10.9 Å². The summed E-state index contributed by atoms with van der Waals surface area (Å²) in [4.78, 5) is 25.5. The molecule has 5 rings (SSSR count). The number of carbonyl (C=O) groups excluding carboxylic acids is 1. The molecule has 3 heterocycles. The summed E-state index contributed by atoms with van der Waals surface area (Å²) in [6.45, 7) is 1.65. The highest BCUT2D eigenvalue weighted by Gasteiger charge is 2.44. The molecule has 1 fully saturated rings. The van der Waals surface area contributed by atoms with Gasteiger partial charge in [-0.1, -0.05) is 18.2 Å². The number of thioether (sulfide) groups is 1. The van der Waals surface area contributed by atoms with Crippen LogP contribution in [-0.4, -0.2) is 35.2 Å². The SMILES string of the molecule is CSc1ccc2ncnc(N3CCC4(CC3)Cc3ccccc3NC4=O)c2c1. The normalized spacial score (nSPS) is 18.2. The molecular weight excluding hydrogens is 368 g/mol. The van der Waals surface area contributed by atoms with Crippen molar-refractivity contribution in [3.8, 4) is 0 Å². The molecule has 3 aromatic rings. The van der Waals surface area contributed by atoms with Crippen molar-refractivity contribution in [2.75, 3.05) is 29.6 Å². The summed E-state index contributed by atoms with van der Waals surface area (Å²) in [6, 6.07) is 14.5. The minimum atomic E-state index is -0.307. The number of hydrogen-bond acceptors (Lipinski definition) is 5. The van der Waals surface area contributed by atoms with Crippen molar-refractivity contribution in [2.45, 2.75) is 24.2 Å². The van der Waals surface area contributed by atoms with Gasteiger partial charge in [-0.05, 0) is 55.3 Å². The fourth-order valence-corrected chi connectivity index (χ4v) is 4.89. The number of amides is 1. The molecule has 1 saturated heterocycles. The van der Waals surface area contributed by atoms with Crippen molar-refractivity contribution in [1.82, 2.24) is 9.97 Å². The second-order valence-electron chi connectivity index (χ2n) is 7.64. The first-order valence-corrected chi connectivity index (χ1v) is 10.8. The number of fused-ring (bicyclic) bond motifs is 2. The van der Waals surface area contributed by atoms with E-state index in [1.54, 1.807) is 18.1 Å². The third-order valence-corrected chi connectivity index (χ3v) is 6.84. The van der Waals surface area contributed by atoms with Crippen LogP contribution < -0.4 is 10.2 Å². The lowest BCUT2D eigenvalue weighted by atomic mass is 9.71. The number of carbonyl (C=O) groups is 1. The molecule has 2 aromatic carbocycles. The molecule has 0 radical (unpaired) electrons. The fourth-order valence-electron chi connectivity index (χ4n) is 4.45. The zero-order valence-corrected chi connectivity index (χ0v) is 16.6. The Morgan fingerprint density at radius 3 is 2.75 bits per heavy atom.